The molecule has 0 heterocycles. The minimum atomic E-state index is -0.715. The summed E-state index contributed by atoms with van der Waals surface area (Å²) in [5.41, 5.74) is 4.93. The van der Waals surface area contributed by atoms with Crippen molar-refractivity contribution in [2.45, 2.75) is 86.0 Å². The number of fused-ring (bicyclic) bond motifs is 3. The Bertz CT molecular complexity index is 852. The summed E-state index contributed by atoms with van der Waals surface area (Å²) in [5, 5.41) is 0. The van der Waals surface area contributed by atoms with Crippen LogP contribution in [0.1, 0.15) is 89.3 Å². The molecule has 30 heavy (non-hydrogen) atoms. The van der Waals surface area contributed by atoms with Crippen molar-refractivity contribution in [1.29, 1.82) is 0 Å². The average Bonchev–Trinajstić information content (AvgIpc) is 2.75. The highest BCUT2D eigenvalue weighted by Gasteiger charge is 2.37. The third-order valence-corrected chi connectivity index (χ3v) is 7.57. The minimum absolute atomic E-state index is 0.189. The minimum Gasteiger partial charge on any atom is -0.204 e. The first kappa shape index (κ1) is 23.0. The Balaban J connectivity index is 2.28. The van der Waals surface area contributed by atoms with E-state index in [0.717, 1.165) is 61.6 Å². The number of unbranched alkanes of at least 4 members (excludes halogenated alkanes) is 1. The molecule has 1 aromatic rings. The smallest absolute Gasteiger partial charge is 0.162 e. The maximum atomic E-state index is 15.1. The van der Waals surface area contributed by atoms with E-state index < -0.39 is 11.6 Å². The van der Waals surface area contributed by atoms with Gasteiger partial charge in [-0.3, -0.25) is 0 Å². The molecule has 0 N–H and O–H groups in total. The van der Waals surface area contributed by atoms with Crippen molar-refractivity contribution < 1.29 is 8.78 Å². The van der Waals surface area contributed by atoms with Crippen molar-refractivity contribution >= 4 is 5.57 Å². The summed E-state index contributed by atoms with van der Waals surface area (Å²) >= 11 is 0. The average molecular weight is 413 g/mol. The molecule has 164 valence electrons. The van der Waals surface area contributed by atoms with E-state index in [1.54, 1.807) is 0 Å². The Morgan fingerprint density at radius 1 is 1.13 bits per heavy atom. The van der Waals surface area contributed by atoms with Crippen molar-refractivity contribution in [3.63, 3.8) is 0 Å². The van der Waals surface area contributed by atoms with E-state index in [1.165, 1.54) is 11.6 Å². The summed E-state index contributed by atoms with van der Waals surface area (Å²) in [7, 11) is 0. The molecule has 2 atom stereocenters. The van der Waals surface area contributed by atoms with Gasteiger partial charge in [-0.15, -0.1) is 0 Å². The molecule has 2 aliphatic rings. The molecule has 0 saturated carbocycles. The standard InChI is InChI=1S/C28H38F2/c1-6-9-11-21-12-10-13-23-17-22(16-21)26-20(5)15-25(29)27(30)24(26)14-19(4)18-28(23,7-2)8-3/h10,12,15-17,19,23H,6-9,11,13-14,18H2,1-5H3. The van der Waals surface area contributed by atoms with Crippen LogP contribution in [-0.4, -0.2) is 0 Å². The summed E-state index contributed by atoms with van der Waals surface area (Å²) in [6.45, 7) is 10.9. The lowest BCUT2D eigenvalue weighted by Gasteiger charge is -2.40. The van der Waals surface area contributed by atoms with Crippen LogP contribution in [0.2, 0.25) is 0 Å². The molecule has 0 saturated heterocycles. The van der Waals surface area contributed by atoms with Gasteiger partial charge in [-0.05, 0) is 103 Å². The van der Waals surface area contributed by atoms with Crippen LogP contribution in [0.15, 0.2) is 35.9 Å². The first-order chi connectivity index (χ1) is 14.3. The monoisotopic (exact) mass is 412 g/mol. The van der Waals surface area contributed by atoms with Crippen molar-refractivity contribution in [3.8, 4) is 0 Å². The summed E-state index contributed by atoms with van der Waals surface area (Å²) in [6, 6.07) is 1.38. The number of hydrogen-bond donors (Lipinski definition) is 0. The Hall–Kier alpha value is -1.70. The molecule has 2 bridgehead atoms. The Morgan fingerprint density at radius 2 is 1.87 bits per heavy atom. The lowest BCUT2D eigenvalue weighted by Crippen LogP contribution is -2.31. The third kappa shape index (κ3) is 4.48. The predicted molar refractivity (Wildman–Crippen MR) is 124 cm³/mol. The van der Waals surface area contributed by atoms with E-state index in [1.807, 2.05) is 6.92 Å². The second kappa shape index (κ2) is 9.62. The molecule has 1 aromatic carbocycles. The van der Waals surface area contributed by atoms with Crippen LogP contribution in [-0.2, 0) is 6.42 Å². The second-order valence-corrected chi connectivity index (χ2v) is 9.62. The van der Waals surface area contributed by atoms with Crippen molar-refractivity contribution in [1.82, 2.24) is 0 Å². The number of halogens is 2. The summed E-state index contributed by atoms with van der Waals surface area (Å²) in [4.78, 5) is 0. The first-order valence-corrected chi connectivity index (χ1v) is 11.9. The Kier molecular flexibility index (Phi) is 7.37. The molecule has 0 aliphatic heterocycles. The van der Waals surface area contributed by atoms with E-state index >= 15 is 4.39 Å². The molecule has 3 rings (SSSR count). The fourth-order valence-corrected chi connectivity index (χ4v) is 5.81. The quantitative estimate of drug-likeness (QED) is 0.453. The zero-order valence-electron chi connectivity index (χ0n) is 19.5. The van der Waals surface area contributed by atoms with Gasteiger partial charge in [-0.1, -0.05) is 58.4 Å². The van der Waals surface area contributed by atoms with Gasteiger partial charge in [0.2, 0.25) is 0 Å². The summed E-state index contributed by atoms with van der Waals surface area (Å²) in [6.07, 6.45) is 17.5. The van der Waals surface area contributed by atoms with Crippen LogP contribution in [0.5, 0.6) is 0 Å². The van der Waals surface area contributed by atoms with E-state index in [4.69, 9.17) is 0 Å². The van der Waals surface area contributed by atoms with Crippen molar-refractivity contribution in [2.75, 3.05) is 0 Å². The highest BCUT2D eigenvalue weighted by Crippen LogP contribution is 2.48. The van der Waals surface area contributed by atoms with Crippen LogP contribution >= 0.6 is 0 Å². The van der Waals surface area contributed by atoms with E-state index in [-0.39, 0.29) is 5.41 Å². The molecule has 0 radical (unpaired) electrons. The van der Waals surface area contributed by atoms with Crippen molar-refractivity contribution in [3.05, 3.63) is 64.3 Å². The fraction of sp³-hybridized carbons (Fsp3) is 0.571. The Morgan fingerprint density at radius 3 is 2.53 bits per heavy atom. The second-order valence-electron chi connectivity index (χ2n) is 9.62. The molecule has 0 fully saturated rings. The van der Waals surface area contributed by atoms with Gasteiger partial charge in [-0.25, -0.2) is 8.78 Å². The molecule has 0 nitrogen and oxygen atoms in total. The maximum absolute atomic E-state index is 15.1. The van der Waals surface area contributed by atoms with Gasteiger partial charge in [0, 0.05) is 0 Å². The zero-order valence-corrected chi connectivity index (χ0v) is 19.5. The number of aryl methyl sites for hydroxylation is 1. The fourth-order valence-electron chi connectivity index (χ4n) is 5.81. The van der Waals surface area contributed by atoms with Crippen LogP contribution in [0, 0.1) is 35.8 Å². The van der Waals surface area contributed by atoms with Crippen LogP contribution in [0.4, 0.5) is 8.78 Å². The van der Waals surface area contributed by atoms with Gasteiger partial charge in [0.15, 0.2) is 11.6 Å². The molecule has 2 aliphatic carbocycles. The highest BCUT2D eigenvalue weighted by molar-refractivity contribution is 5.80. The van der Waals surface area contributed by atoms with Crippen LogP contribution < -0.4 is 0 Å². The number of rotatable bonds is 5. The normalized spacial score (nSPS) is 23.3. The predicted octanol–water partition coefficient (Wildman–Crippen LogP) is 8.74. The number of allylic oxidation sites excluding steroid dienone is 6. The summed E-state index contributed by atoms with van der Waals surface area (Å²) in [5.74, 6) is -0.652. The van der Waals surface area contributed by atoms with E-state index in [2.05, 4.69) is 52.0 Å². The largest absolute Gasteiger partial charge is 0.204 e. The van der Waals surface area contributed by atoms with Crippen molar-refractivity contribution in [2.24, 2.45) is 17.3 Å². The van der Waals surface area contributed by atoms with Crippen LogP contribution in [0.25, 0.3) is 5.57 Å². The lowest BCUT2D eigenvalue weighted by atomic mass is 9.64. The molecule has 0 amide bonds. The van der Waals surface area contributed by atoms with Gasteiger partial charge in [-0.2, -0.15) is 0 Å². The van der Waals surface area contributed by atoms with E-state index in [9.17, 15) is 4.39 Å². The topological polar surface area (TPSA) is 0 Å². The maximum Gasteiger partial charge on any atom is 0.162 e. The third-order valence-electron chi connectivity index (χ3n) is 7.57. The zero-order chi connectivity index (χ0) is 21.9. The molecule has 0 aromatic heterocycles. The molecular formula is C28H38F2. The molecule has 0 spiro atoms. The summed E-state index contributed by atoms with van der Waals surface area (Å²) < 4.78 is 29.5. The Labute approximate surface area is 182 Å². The SMILES string of the molecule is CCCCC1=CC2=CC(CC=C1)C(CC)(CC)CC(C)Cc1c(F)c(F)cc(C)c12. The molecular weight excluding hydrogens is 374 g/mol. The van der Waals surface area contributed by atoms with Gasteiger partial charge >= 0.3 is 0 Å². The number of benzene rings is 1. The molecule has 2 heteroatoms. The van der Waals surface area contributed by atoms with Gasteiger partial charge in [0.05, 0.1) is 0 Å². The van der Waals surface area contributed by atoms with E-state index in [0.29, 0.717) is 23.8 Å². The van der Waals surface area contributed by atoms with Gasteiger partial charge in [0.25, 0.3) is 0 Å². The molecule has 2 unspecified atom stereocenters. The van der Waals surface area contributed by atoms with Gasteiger partial charge in [0.1, 0.15) is 0 Å². The van der Waals surface area contributed by atoms with Gasteiger partial charge < -0.3 is 0 Å². The first-order valence-electron chi connectivity index (χ1n) is 11.9. The highest BCUT2D eigenvalue weighted by atomic mass is 19.2. The number of hydrogen-bond acceptors (Lipinski definition) is 0. The van der Waals surface area contributed by atoms with Crippen LogP contribution in [0.3, 0.4) is 0 Å². The lowest BCUT2D eigenvalue weighted by molar-refractivity contribution is 0.135.